The summed E-state index contributed by atoms with van der Waals surface area (Å²) < 4.78 is 6.49. The minimum Gasteiger partial charge on any atom is -0.383 e. The molecule has 0 saturated carbocycles. The van der Waals surface area contributed by atoms with E-state index in [2.05, 4.69) is 15.3 Å². The third-order valence-corrected chi connectivity index (χ3v) is 4.76. The van der Waals surface area contributed by atoms with Gasteiger partial charge in [-0.1, -0.05) is 6.07 Å². The van der Waals surface area contributed by atoms with Gasteiger partial charge in [-0.05, 0) is 24.6 Å². The molecule has 7 nitrogen and oxygen atoms in total. The van der Waals surface area contributed by atoms with E-state index in [9.17, 15) is 9.59 Å². The number of hydrogen-bond acceptors (Lipinski definition) is 6. The van der Waals surface area contributed by atoms with Crippen molar-refractivity contribution in [2.75, 3.05) is 19.0 Å². The summed E-state index contributed by atoms with van der Waals surface area (Å²) in [6.45, 7) is 2.60. The van der Waals surface area contributed by atoms with Crippen molar-refractivity contribution in [2.24, 2.45) is 0 Å². The molecule has 0 unspecified atom stereocenters. The number of rotatable bonds is 5. The Morgan fingerprint density at radius 3 is 2.92 bits per heavy atom. The third kappa shape index (κ3) is 3.06. The number of aromatic nitrogens is 3. The minimum atomic E-state index is -0.294. The summed E-state index contributed by atoms with van der Waals surface area (Å²) in [6, 6.07) is 5.26. The Morgan fingerprint density at radius 2 is 2.21 bits per heavy atom. The zero-order valence-corrected chi connectivity index (χ0v) is 14.1. The molecule has 0 radical (unpaired) electrons. The van der Waals surface area contributed by atoms with Gasteiger partial charge in [-0.15, -0.1) is 11.3 Å². The summed E-state index contributed by atoms with van der Waals surface area (Å²) in [6.07, 6.45) is 3.09. The first-order chi connectivity index (χ1) is 11.6. The molecule has 1 amide bonds. The summed E-state index contributed by atoms with van der Waals surface area (Å²) in [7, 11) is 1.58. The number of pyridine rings is 1. The van der Waals surface area contributed by atoms with Crippen molar-refractivity contribution in [3.05, 3.63) is 51.5 Å². The van der Waals surface area contributed by atoms with Gasteiger partial charge in [0.1, 0.15) is 10.6 Å². The number of ether oxygens (including phenoxy) is 1. The lowest BCUT2D eigenvalue weighted by atomic mass is 10.2. The molecule has 0 bridgehead atoms. The maximum Gasteiger partial charge on any atom is 0.267 e. The Kier molecular flexibility index (Phi) is 4.68. The van der Waals surface area contributed by atoms with E-state index in [1.165, 1.54) is 22.2 Å². The number of hydrogen-bond donors (Lipinski definition) is 1. The van der Waals surface area contributed by atoms with E-state index in [0.717, 1.165) is 0 Å². The van der Waals surface area contributed by atoms with Gasteiger partial charge in [0.25, 0.3) is 11.5 Å². The molecule has 3 aromatic heterocycles. The van der Waals surface area contributed by atoms with Crippen LogP contribution < -0.4 is 10.9 Å². The molecule has 0 aliphatic carbocycles. The highest BCUT2D eigenvalue weighted by molar-refractivity contribution is 7.20. The van der Waals surface area contributed by atoms with E-state index in [4.69, 9.17) is 4.74 Å². The van der Waals surface area contributed by atoms with Crippen LogP contribution in [0.2, 0.25) is 0 Å². The predicted octanol–water partition coefficient (Wildman–Crippen LogP) is 2.06. The average Bonchev–Trinajstić information content (AvgIpc) is 2.93. The molecule has 0 aliphatic heterocycles. The van der Waals surface area contributed by atoms with Crippen LogP contribution in [-0.2, 0) is 11.3 Å². The van der Waals surface area contributed by atoms with Crippen molar-refractivity contribution in [2.45, 2.75) is 13.5 Å². The second kappa shape index (κ2) is 6.90. The number of aryl methyl sites for hydroxylation is 1. The average molecular weight is 344 g/mol. The second-order valence-corrected chi connectivity index (χ2v) is 6.14. The Morgan fingerprint density at radius 1 is 1.38 bits per heavy atom. The van der Waals surface area contributed by atoms with Crippen molar-refractivity contribution >= 4 is 33.3 Å². The van der Waals surface area contributed by atoms with Crippen LogP contribution in [0, 0.1) is 6.92 Å². The SMILES string of the molecule is COCCn1cnc2sc(C(=O)Nc3ccccn3)c(C)c2c1=O. The first-order valence-corrected chi connectivity index (χ1v) is 8.13. The highest BCUT2D eigenvalue weighted by atomic mass is 32.1. The highest BCUT2D eigenvalue weighted by Crippen LogP contribution is 2.27. The Labute approximate surface area is 141 Å². The Hall–Kier alpha value is -2.58. The molecule has 124 valence electrons. The lowest BCUT2D eigenvalue weighted by Crippen LogP contribution is -2.22. The lowest BCUT2D eigenvalue weighted by Gasteiger charge is -2.04. The fourth-order valence-electron chi connectivity index (χ4n) is 2.33. The first-order valence-electron chi connectivity index (χ1n) is 7.31. The normalized spacial score (nSPS) is 10.9. The van der Waals surface area contributed by atoms with E-state index >= 15 is 0 Å². The van der Waals surface area contributed by atoms with Gasteiger partial charge in [0.2, 0.25) is 0 Å². The number of anilines is 1. The van der Waals surface area contributed by atoms with Gasteiger partial charge in [-0.25, -0.2) is 9.97 Å². The van der Waals surface area contributed by atoms with E-state index in [-0.39, 0.29) is 11.5 Å². The van der Waals surface area contributed by atoms with Crippen LogP contribution in [0.15, 0.2) is 35.5 Å². The van der Waals surface area contributed by atoms with Crippen molar-refractivity contribution < 1.29 is 9.53 Å². The van der Waals surface area contributed by atoms with E-state index in [1.807, 2.05) is 0 Å². The van der Waals surface area contributed by atoms with Gasteiger partial charge in [0, 0.05) is 13.3 Å². The smallest absolute Gasteiger partial charge is 0.267 e. The number of fused-ring (bicyclic) bond motifs is 1. The molecule has 1 N–H and O–H groups in total. The summed E-state index contributed by atoms with van der Waals surface area (Å²) in [5.74, 6) is 0.168. The molecule has 3 heterocycles. The molecule has 8 heteroatoms. The molecule has 0 fully saturated rings. The molecule has 0 saturated heterocycles. The maximum absolute atomic E-state index is 12.6. The summed E-state index contributed by atoms with van der Waals surface area (Å²) in [5, 5.41) is 3.21. The molecular formula is C16H16N4O3S. The van der Waals surface area contributed by atoms with Gasteiger partial charge in [-0.3, -0.25) is 14.2 Å². The van der Waals surface area contributed by atoms with Crippen molar-refractivity contribution in [3.8, 4) is 0 Å². The largest absolute Gasteiger partial charge is 0.383 e. The van der Waals surface area contributed by atoms with Crippen molar-refractivity contribution in [1.29, 1.82) is 0 Å². The molecule has 0 aromatic carbocycles. The zero-order chi connectivity index (χ0) is 17.1. The Bertz CT molecular complexity index is 934. The molecule has 3 rings (SSSR count). The van der Waals surface area contributed by atoms with E-state index < -0.39 is 0 Å². The van der Waals surface area contributed by atoms with Crippen LogP contribution in [0.1, 0.15) is 15.2 Å². The molecule has 0 spiro atoms. The summed E-state index contributed by atoms with van der Waals surface area (Å²) in [4.78, 5) is 34.4. The predicted molar refractivity (Wildman–Crippen MR) is 92.7 cm³/mol. The first kappa shape index (κ1) is 16.3. The quantitative estimate of drug-likeness (QED) is 0.766. The van der Waals surface area contributed by atoms with Gasteiger partial charge in [0.15, 0.2) is 0 Å². The molecule has 0 aliphatic rings. The van der Waals surface area contributed by atoms with Crippen molar-refractivity contribution in [3.63, 3.8) is 0 Å². The minimum absolute atomic E-state index is 0.164. The third-order valence-electron chi connectivity index (χ3n) is 3.57. The number of carbonyl (C=O) groups is 1. The lowest BCUT2D eigenvalue weighted by molar-refractivity contribution is 0.102. The van der Waals surface area contributed by atoms with Crippen LogP contribution in [-0.4, -0.2) is 34.2 Å². The topological polar surface area (TPSA) is 86.1 Å². The Balaban J connectivity index is 1.98. The van der Waals surface area contributed by atoms with Crippen LogP contribution >= 0.6 is 11.3 Å². The number of methoxy groups -OCH3 is 1. The number of nitrogens with zero attached hydrogens (tertiary/aromatic N) is 3. The highest BCUT2D eigenvalue weighted by Gasteiger charge is 2.19. The van der Waals surface area contributed by atoms with Crippen LogP contribution in [0.5, 0.6) is 0 Å². The van der Waals surface area contributed by atoms with Gasteiger partial charge < -0.3 is 10.1 Å². The zero-order valence-electron chi connectivity index (χ0n) is 13.3. The standard InChI is InChI=1S/C16H16N4O3S/c1-10-12-15(18-9-20(16(12)22)7-8-23-2)24-13(10)14(21)19-11-5-3-4-6-17-11/h3-6,9H,7-8H2,1-2H3,(H,17,19,21). The van der Waals surface area contributed by atoms with E-state index in [0.29, 0.717) is 39.6 Å². The second-order valence-electron chi connectivity index (χ2n) is 5.14. The number of thiophene rings is 1. The number of nitrogens with one attached hydrogen (secondary N) is 1. The van der Waals surface area contributed by atoms with E-state index in [1.54, 1.807) is 38.4 Å². The number of amides is 1. The number of carbonyl (C=O) groups excluding carboxylic acids is 1. The van der Waals surface area contributed by atoms with Gasteiger partial charge in [0.05, 0.1) is 29.7 Å². The monoisotopic (exact) mass is 344 g/mol. The van der Waals surface area contributed by atoms with Crippen molar-refractivity contribution in [1.82, 2.24) is 14.5 Å². The van der Waals surface area contributed by atoms with Gasteiger partial charge in [-0.2, -0.15) is 0 Å². The maximum atomic E-state index is 12.6. The molecule has 3 aromatic rings. The summed E-state index contributed by atoms with van der Waals surface area (Å²) in [5.41, 5.74) is 0.468. The molecule has 24 heavy (non-hydrogen) atoms. The van der Waals surface area contributed by atoms with Crippen LogP contribution in [0.3, 0.4) is 0 Å². The van der Waals surface area contributed by atoms with Gasteiger partial charge >= 0.3 is 0 Å². The molecule has 0 atom stereocenters. The molecular weight excluding hydrogens is 328 g/mol. The van der Waals surface area contributed by atoms with Crippen LogP contribution in [0.25, 0.3) is 10.2 Å². The fourth-order valence-corrected chi connectivity index (χ4v) is 3.37. The fraction of sp³-hybridized carbons (Fsp3) is 0.250. The summed E-state index contributed by atoms with van der Waals surface area (Å²) >= 11 is 1.20. The van der Waals surface area contributed by atoms with Crippen LogP contribution in [0.4, 0.5) is 5.82 Å².